The van der Waals surface area contributed by atoms with Crippen LogP contribution in [0.15, 0.2) is 36.4 Å². The third kappa shape index (κ3) is 2.14. The molecule has 1 N–H and O–H groups in total. The van der Waals surface area contributed by atoms with Crippen molar-refractivity contribution in [2.45, 2.75) is 39.3 Å². The lowest BCUT2D eigenvalue weighted by Crippen LogP contribution is -2.29. The molecule has 0 aliphatic carbocycles. The van der Waals surface area contributed by atoms with Crippen LogP contribution in [0.5, 0.6) is 0 Å². The molecule has 0 bridgehead atoms. The van der Waals surface area contributed by atoms with Crippen molar-refractivity contribution >= 4 is 5.69 Å². The lowest BCUT2D eigenvalue weighted by atomic mass is 9.79. The molecule has 0 saturated carbocycles. The van der Waals surface area contributed by atoms with Gasteiger partial charge < -0.3 is 10.1 Å². The van der Waals surface area contributed by atoms with Crippen molar-refractivity contribution in [2.75, 3.05) is 11.9 Å². The fourth-order valence-corrected chi connectivity index (χ4v) is 3.99. The first-order valence-corrected chi connectivity index (χ1v) is 8.19. The zero-order valence-electron chi connectivity index (χ0n) is 13.5. The van der Waals surface area contributed by atoms with Gasteiger partial charge in [0.05, 0.1) is 12.1 Å². The molecular weight excluding hydrogens is 270 g/mol. The smallest absolute Gasteiger partial charge is 0.0896 e. The van der Waals surface area contributed by atoms with Gasteiger partial charge in [0.15, 0.2) is 0 Å². The van der Waals surface area contributed by atoms with Crippen LogP contribution in [0.3, 0.4) is 0 Å². The number of hydrogen-bond acceptors (Lipinski definition) is 2. The fraction of sp³-hybridized carbons (Fsp3) is 0.400. The van der Waals surface area contributed by atoms with E-state index in [1.807, 2.05) is 0 Å². The Morgan fingerprint density at radius 3 is 2.50 bits per heavy atom. The lowest BCUT2D eigenvalue weighted by molar-refractivity contribution is 0.0828. The summed E-state index contributed by atoms with van der Waals surface area (Å²) in [5.74, 6) is 0.523. The number of aryl methyl sites for hydroxylation is 3. The van der Waals surface area contributed by atoms with Crippen molar-refractivity contribution in [2.24, 2.45) is 5.92 Å². The van der Waals surface area contributed by atoms with E-state index in [-0.39, 0.29) is 6.10 Å². The zero-order valence-corrected chi connectivity index (χ0v) is 13.5. The molecule has 0 aromatic heterocycles. The predicted molar refractivity (Wildman–Crippen MR) is 90.3 cm³/mol. The normalized spacial score (nSPS) is 26.2. The molecule has 2 aliphatic rings. The molecule has 0 radical (unpaired) electrons. The maximum atomic E-state index is 6.12. The van der Waals surface area contributed by atoms with Gasteiger partial charge in [0.2, 0.25) is 0 Å². The number of rotatable bonds is 1. The highest BCUT2D eigenvalue weighted by molar-refractivity contribution is 5.59. The molecule has 1 fully saturated rings. The summed E-state index contributed by atoms with van der Waals surface area (Å²) >= 11 is 0. The Morgan fingerprint density at radius 2 is 1.68 bits per heavy atom. The molecule has 2 heteroatoms. The summed E-state index contributed by atoms with van der Waals surface area (Å²) in [4.78, 5) is 0. The second-order valence-electron chi connectivity index (χ2n) is 6.82. The Hall–Kier alpha value is -1.80. The Bertz CT molecular complexity index is 722. The molecule has 1 saturated heterocycles. The highest BCUT2D eigenvalue weighted by atomic mass is 16.5. The van der Waals surface area contributed by atoms with Gasteiger partial charge in [0, 0.05) is 23.8 Å². The zero-order chi connectivity index (χ0) is 15.3. The van der Waals surface area contributed by atoms with Crippen LogP contribution in [0, 0.1) is 26.7 Å². The van der Waals surface area contributed by atoms with E-state index in [4.69, 9.17) is 4.74 Å². The third-order valence-electron chi connectivity index (χ3n) is 5.16. The summed E-state index contributed by atoms with van der Waals surface area (Å²) in [7, 11) is 0. The van der Waals surface area contributed by atoms with Crippen LogP contribution in [0.1, 0.15) is 46.4 Å². The molecule has 1 unspecified atom stereocenters. The number of nitrogens with one attached hydrogen (secondary N) is 1. The molecular formula is C20H23NO. The first kappa shape index (κ1) is 13.8. The maximum Gasteiger partial charge on any atom is 0.0896 e. The van der Waals surface area contributed by atoms with Crippen molar-refractivity contribution in [3.63, 3.8) is 0 Å². The van der Waals surface area contributed by atoms with Gasteiger partial charge in [0.1, 0.15) is 0 Å². The van der Waals surface area contributed by atoms with Gasteiger partial charge in [-0.05, 0) is 44.4 Å². The Morgan fingerprint density at radius 1 is 0.955 bits per heavy atom. The number of hydrogen-bond donors (Lipinski definition) is 1. The van der Waals surface area contributed by atoms with Crippen molar-refractivity contribution in [3.8, 4) is 0 Å². The second-order valence-corrected chi connectivity index (χ2v) is 6.82. The topological polar surface area (TPSA) is 21.3 Å². The van der Waals surface area contributed by atoms with E-state index < -0.39 is 0 Å². The Kier molecular flexibility index (Phi) is 3.23. The molecule has 3 atom stereocenters. The van der Waals surface area contributed by atoms with Crippen molar-refractivity contribution in [1.29, 1.82) is 0 Å². The first-order chi connectivity index (χ1) is 10.6. The molecule has 114 valence electrons. The minimum Gasteiger partial charge on any atom is -0.378 e. The van der Waals surface area contributed by atoms with Gasteiger partial charge in [-0.1, -0.05) is 41.5 Å². The SMILES string of the molecule is Cc1ccc(C)c(C2Nc3ccc(C)cc3[C@H]3OCC[C@@H]23)c1. The van der Waals surface area contributed by atoms with Crippen LogP contribution in [0.2, 0.25) is 0 Å². The van der Waals surface area contributed by atoms with Crippen LogP contribution in [-0.2, 0) is 4.74 Å². The van der Waals surface area contributed by atoms with E-state index in [1.165, 1.54) is 33.5 Å². The average molecular weight is 293 g/mol. The largest absolute Gasteiger partial charge is 0.378 e. The summed E-state index contributed by atoms with van der Waals surface area (Å²) in [6, 6.07) is 13.8. The summed E-state index contributed by atoms with van der Waals surface area (Å²) in [6.45, 7) is 7.41. The molecule has 2 nitrogen and oxygen atoms in total. The van der Waals surface area contributed by atoms with E-state index in [0.29, 0.717) is 12.0 Å². The van der Waals surface area contributed by atoms with Crippen LogP contribution in [-0.4, -0.2) is 6.61 Å². The van der Waals surface area contributed by atoms with Gasteiger partial charge in [-0.2, -0.15) is 0 Å². The fourth-order valence-electron chi connectivity index (χ4n) is 3.99. The van der Waals surface area contributed by atoms with Gasteiger partial charge >= 0.3 is 0 Å². The molecule has 2 aromatic carbocycles. The van der Waals surface area contributed by atoms with Crippen LogP contribution >= 0.6 is 0 Å². The first-order valence-electron chi connectivity index (χ1n) is 8.19. The minimum absolute atomic E-state index is 0.237. The minimum atomic E-state index is 0.237. The van der Waals surface area contributed by atoms with Gasteiger partial charge in [0.25, 0.3) is 0 Å². The second kappa shape index (κ2) is 5.13. The van der Waals surface area contributed by atoms with E-state index in [0.717, 1.165) is 13.0 Å². The number of fused-ring (bicyclic) bond motifs is 3. The summed E-state index contributed by atoms with van der Waals surface area (Å²) in [6.07, 6.45) is 1.37. The number of ether oxygens (including phenoxy) is 1. The monoisotopic (exact) mass is 293 g/mol. The van der Waals surface area contributed by atoms with E-state index in [1.54, 1.807) is 0 Å². The van der Waals surface area contributed by atoms with Crippen LogP contribution in [0.4, 0.5) is 5.69 Å². The molecule has 0 amide bonds. The van der Waals surface area contributed by atoms with Crippen molar-refractivity contribution < 1.29 is 4.74 Å². The third-order valence-corrected chi connectivity index (χ3v) is 5.16. The quantitative estimate of drug-likeness (QED) is 0.811. The van der Waals surface area contributed by atoms with Gasteiger partial charge in [-0.25, -0.2) is 0 Å². The Labute approximate surface area is 132 Å². The number of anilines is 1. The van der Waals surface area contributed by atoms with Crippen LogP contribution in [0.25, 0.3) is 0 Å². The summed E-state index contributed by atoms with van der Waals surface area (Å²) in [5.41, 5.74) is 7.99. The van der Waals surface area contributed by atoms with Gasteiger partial charge in [-0.15, -0.1) is 0 Å². The maximum absolute atomic E-state index is 6.12. The summed E-state index contributed by atoms with van der Waals surface area (Å²) in [5, 5.41) is 3.80. The Balaban J connectivity index is 1.82. The molecule has 2 heterocycles. The van der Waals surface area contributed by atoms with E-state index >= 15 is 0 Å². The standard InChI is InChI=1S/C20H23NO/c1-12-4-6-14(3)16(10-12)19-15-8-9-22-20(15)17-11-13(2)5-7-18(17)21-19/h4-7,10-11,15,19-21H,8-9H2,1-3H3/t15-,19?,20-/m0/s1. The van der Waals surface area contributed by atoms with Crippen molar-refractivity contribution in [1.82, 2.24) is 0 Å². The summed E-state index contributed by atoms with van der Waals surface area (Å²) < 4.78 is 6.12. The molecule has 4 rings (SSSR count). The highest BCUT2D eigenvalue weighted by Gasteiger charge is 2.41. The molecule has 2 aliphatic heterocycles. The van der Waals surface area contributed by atoms with E-state index in [9.17, 15) is 0 Å². The molecule has 0 spiro atoms. The molecule has 22 heavy (non-hydrogen) atoms. The predicted octanol–water partition coefficient (Wildman–Crippen LogP) is 4.86. The highest BCUT2D eigenvalue weighted by Crippen LogP contribution is 2.50. The number of benzene rings is 2. The van der Waals surface area contributed by atoms with Crippen LogP contribution < -0.4 is 5.32 Å². The van der Waals surface area contributed by atoms with Crippen molar-refractivity contribution in [3.05, 3.63) is 64.2 Å². The molecule has 2 aromatic rings. The van der Waals surface area contributed by atoms with E-state index in [2.05, 4.69) is 62.5 Å². The van der Waals surface area contributed by atoms with Gasteiger partial charge in [-0.3, -0.25) is 0 Å². The lowest BCUT2D eigenvalue weighted by Gasteiger charge is -2.37. The average Bonchev–Trinajstić information content (AvgIpc) is 2.99.